The van der Waals surface area contributed by atoms with Crippen molar-refractivity contribution in [3.05, 3.63) is 35.4 Å². The van der Waals surface area contributed by atoms with Gasteiger partial charge in [-0.3, -0.25) is 4.79 Å². The number of benzene rings is 1. The Bertz CT molecular complexity index is 479. The SMILES string of the molecule is C[C@H]1C(=O)CC[C@@H]1CCCc1cccc(C(=O)O)c1. The molecule has 0 aliphatic heterocycles. The van der Waals surface area contributed by atoms with E-state index in [1.807, 2.05) is 13.0 Å². The van der Waals surface area contributed by atoms with Gasteiger partial charge in [-0.25, -0.2) is 4.79 Å². The Hall–Kier alpha value is -1.64. The molecule has 1 saturated carbocycles. The fourth-order valence-electron chi connectivity index (χ4n) is 2.89. The smallest absolute Gasteiger partial charge is 0.335 e. The third kappa shape index (κ3) is 3.43. The largest absolute Gasteiger partial charge is 0.478 e. The van der Waals surface area contributed by atoms with E-state index in [0.717, 1.165) is 37.7 Å². The summed E-state index contributed by atoms with van der Waals surface area (Å²) in [5.74, 6) is 0.259. The number of rotatable bonds is 5. The lowest BCUT2D eigenvalue weighted by Crippen LogP contribution is -2.10. The van der Waals surface area contributed by atoms with Gasteiger partial charge >= 0.3 is 5.97 Å². The van der Waals surface area contributed by atoms with E-state index in [-0.39, 0.29) is 5.92 Å². The van der Waals surface area contributed by atoms with Crippen LogP contribution in [0.15, 0.2) is 24.3 Å². The van der Waals surface area contributed by atoms with Gasteiger partial charge in [0, 0.05) is 12.3 Å². The maximum absolute atomic E-state index is 11.5. The van der Waals surface area contributed by atoms with Crippen molar-refractivity contribution in [1.82, 2.24) is 0 Å². The van der Waals surface area contributed by atoms with Gasteiger partial charge in [-0.1, -0.05) is 19.1 Å². The molecule has 1 N–H and O–H groups in total. The third-order valence-corrected chi connectivity index (χ3v) is 4.19. The number of hydrogen-bond donors (Lipinski definition) is 1. The highest BCUT2D eigenvalue weighted by Crippen LogP contribution is 2.32. The fraction of sp³-hybridized carbons (Fsp3) is 0.500. The first kappa shape index (κ1) is 13.8. The number of carboxylic acids is 1. The molecule has 0 amide bonds. The van der Waals surface area contributed by atoms with Gasteiger partial charge in [-0.2, -0.15) is 0 Å². The highest BCUT2D eigenvalue weighted by Gasteiger charge is 2.29. The molecule has 0 saturated heterocycles. The van der Waals surface area contributed by atoms with E-state index in [4.69, 9.17) is 5.11 Å². The number of carboxylic acid groups (broad SMARTS) is 1. The van der Waals surface area contributed by atoms with Crippen LogP contribution in [-0.2, 0) is 11.2 Å². The fourth-order valence-corrected chi connectivity index (χ4v) is 2.89. The van der Waals surface area contributed by atoms with Crippen LogP contribution >= 0.6 is 0 Å². The topological polar surface area (TPSA) is 54.4 Å². The van der Waals surface area contributed by atoms with Crippen LogP contribution in [0.2, 0.25) is 0 Å². The molecule has 1 aromatic rings. The molecule has 0 spiro atoms. The van der Waals surface area contributed by atoms with E-state index >= 15 is 0 Å². The maximum Gasteiger partial charge on any atom is 0.335 e. The Labute approximate surface area is 113 Å². The summed E-state index contributed by atoms with van der Waals surface area (Å²) in [6, 6.07) is 7.12. The molecule has 0 heterocycles. The second-order valence-electron chi connectivity index (χ2n) is 5.45. The average molecular weight is 260 g/mol. The Morgan fingerprint density at radius 3 is 2.84 bits per heavy atom. The van der Waals surface area contributed by atoms with Gasteiger partial charge in [0.15, 0.2) is 0 Å². The summed E-state index contributed by atoms with van der Waals surface area (Å²) in [6.45, 7) is 2.03. The third-order valence-electron chi connectivity index (χ3n) is 4.19. The number of aromatic carboxylic acids is 1. The minimum atomic E-state index is -0.878. The zero-order chi connectivity index (χ0) is 13.8. The van der Waals surface area contributed by atoms with Gasteiger partial charge in [-0.05, 0) is 49.3 Å². The van der Waals surface area contributed by atoms with Crippen LogP contribution in [0.4, 0.5) is 0 Å². The minimum Gasteiger partial charge on any atom is -0.478 e. The number of Topliss-reactive ketones (excluding diaryl/α,β-unsaturated/α-hetero) is 1. The number of ketones is 1. The first-order chi connectivity index (χ1) is 9.08. The van der Waals surface area contributed by atoms with E-state index < -0.39 is 5.97 Å². The van der Waals surface area contributed by atoms with Crippen molar-refractivity contribution in [1.29, 1.82) is 0 Å². The highest BCUT2D eigenvalue weighted by molar-refractivity contribution is 5.87. The van der Waals surface area contributed by atoms with Crippen LogP contribution in [0.1, 0.15) is 48.5 Å². The van der Waals surface area contributed by atoms with Gasteiger partial charge in [-0.15, -0.1) is 0 Å². The summed E-state index contributed by atoms with van der Waals surface area (Å²) in [7, 11) is 0. The molecule has 19 heavy (non-hydrogen) atoms. The first-order valence-electron chi connectivity index (χ1n) is 6.93. The van der Waals surface area contributed by atoms with Crippen LogP contribution in [0.5, 0.6) is 0 Å². The molecule has 1 aliphatic rings. The quantitative estimate of drug-likeness (QED) is 0.883. The van der Waals surface area contributed by atoms with Crippen molar-refractivity contribution in [2.24, 2.45) is 11.8 Å². The molecule has 3 nitrogen and oxygen atoms in total. The van der Waals surface area contributed by atoms with E-state index in [9.17, 15) is 9.59 Å². The van der Waals surface area contributed by atoms with Crippen molar-refractivity contribution in [2.75, 3.05) is 0 Å². The van der Waals surface area contributed by atoms with Gasteiger partial charge < -0.3 is 5.11 Å². The zero-order valence-electron chi connectivity index (χ0n) is 11.3. The molecule has 1 fully saturated rings. The molecule has 3 heteroatoms. The van der Waals surface area contributed by atoms with E-state index in [2.05, 4.69) is 0 Å². The van der Waals surface area contributed by atoms with E-state index in [0.29, 0.717) is 17.3 Å². The van der Waals surface area contributed by atoms with Gasteiger partial charge in [0.25, 0.3) is 0 Å². The van der Waals surface area contributed by atoms with Crippen LogP contribution in [0.25, 0.3) is 0 Å². The standard InChI is InChI=1S/C16H20O3/c1-11-13(8-9-15(11)17)6-2-4-12-5-3-7-14(10-12)16(18)19/h3,5,7,10-11,13H,2,4,6,8-9H2,1H3,(H,18,19)/t11-,13+/m1/s1. The maximum atomic E-state index is 11.5. The van der Waals surface area contributed by atoms with Crippen molar-refractivity contribution < 1.29 is 14.7 Å². The summed E-state index contributed by atoms with van der Waals surface area (Å²) >= 11 is 0. The molecule has 2 rings (SSSR count). The lowest BCUT2D eigenvalue weighted by Gasteiger charge is -2.13. The molecule has 0 bridgehead atoms. The normalized spacial score (nSPS) is 22.7. The molecular weight excluding hydrogens is 240 g/mol. The van der Waals surface area contributed by atoms with Crippen molar-refractivity contribution in [3.8, 4) is 0 Å². The van der Waals surface area contributed by atoms with Crippen molar-refractivity contribution in [2.45, 2.75) is 39.0 Å². The number of carbonyl (C=O) groups is 2. The van der Waals surface area contributed by atoms with Crippen LogP contribution in [0, 0.1) is 11.8 Å². The van der Waals surface area contributed by atoms with Crippen molar-refractivity contribution >= 4 is 11.8 Å². The molecular formula is C16H20O3. The molecule has 2 atom stereocenters. The lowest BCUT2D eigenvalue weighted by molar-refractivity contribution is -0.120. The Balaban J connectivity index is 1.84. The summed E-state index contributed by atoms with van der Waals surface area (Å²) in [6.07, 6.45) is 4.73. The van der Waals surface area contributed by atoms with Gasteiger partial charge in [0.2, 0.25) is 0 Å². The number of carbonyl (C=O) groups excluding carboxylic acids is 1. The Kier molecular flexibility index (Phi) is 4.35. The second-order valence-corrected chi connectivity index (χ2v) is 5.45. The molecule has 0 aromatic heterocycles. The van der Waals surface area contributed by atoms with Crippen LogP contribution in [0.3, 0.4) is 0 Å². The van der Waals surface area contributed by atoms with Crippen LogP contribution in [-0.4, -0.2) is 16.9 Å². The summed E-state index contributed by atoms with van der Waals surface area (Å²) in [4.78, 5) is 22.3. The van der Waals surface area contributed by atoms with Crippen LogP contribution < -0.4 is 0 Å². The predicted octanol–water partition coefficient (Wildman–Crippen LogP) is 3.32. The molecule has 1 aromatic carbocycles. The summed E-state index contributed by atoms with van der Waals surface area (Å²) in [5, 5.41) is 8.93. The minimum absolute atomic E-state index is 0.213. The highest BCUT2D eigenvalue weighted by atomic mass is 16.4. The summed E-state index contributed by atoms with van der Waals surface area (Å²) in [5.41, 5.74) is 1.42. The van der Waals surface area contributed by atoms with E-state index in [1.165, 1.54) is 0 Å². The average Bonchev–Trinajstić information content (AvgIpc) is 2.71. The predicted molar refractivity (Wildman–Crippen MR) is 73.2 cm³/mol. The molecule has 102 valence electrons. The summed E-state index contributed by atoms with van der Waals surface area (Å²) < 4.78 is 0. The number of aryl methyl sites for hydroxylation is 1. The lowest BCUT2D eigenvalue weighted by atomic mass is 9.91. The molecule has 1 aliphatic carbocycles. The molecule has 0 radical (unpaired) electrons. The van der Waals surface area contributed by atoms with Gasteiger partial charge in [0.1, 0.15) is 5.78 Å². The first-order valence-corrected chi connectivity index (χ1v) is 6.93. The molecule has 0 unspecified atom stereocenters. The monoisotopic (exact) mass is 260 g/mol. The zero-order valence-corrected chi connectivity index (χ0v) is 11.3. The Morgan fingerprint density at radius 1 is 1.42 bits per heavy atom. The second kappa shape index (κ2) is 6.00. The van der Waals surface area contributed by atoms with E-state index in [1.54, 1.807) is 18.2 Å². The van der Waals surface area contributed by atoms with Crippen molar-refractivity contribution in [3.63, 3.8) is 0 Å². The Morgan fingerprint density at radius 2 is 2.21 bits per heavy atom. The number of hydrogen-bond acceptors (Lipinski definition) is 2. The van der Waals surface area contributed by atoms with Gasteiger partial charge in [0.05, 0.1) is 5.56 Å².